The van der Waals surface area contributed by atoms with Gasteiger partial charge in [0.15, 0.2) is 17.3 Å². The fourth-order valence-corrected chi connectivity index (χ4v) is 8.98. The molecule has 56 heavy (non-hydrogen) atoms. The predicted molar refractivity (Wildman–Crippen MR) is 224 cm³/mol. The number of anilines is 2. The number of nitrogens with one attached hydrogen (secondary N) is 1. The van der Waals surface area contributed by atoms with Gasteiger partial charge in [-0.2, -0.15) is 0 Å². The number of halogens is 1. The van der Waals surface area contributed by atoms with Gasteiger partial charge in [0.2, 0.25) is 10.0 Å². The molecule has 0 saturated heterocycles. The van der Waals surface area contributed by atoms with Gasteiger partial charge in [-0.25, -0.2) is 18.4 Å². The molecule has 2 aromatic heterocycles. The third-order valence-electron chi connectivity index (χ3n) is 8.84. The molecule has 0 atom stereocenters. The molecule has 0 fully saturated rings. The van der Waals surface area contributed by atoms with E-state index in [2.05, 4.69) is 42.0 Å². The summed E-state index contributed by atoms with van der Waals surface area (Å²) in [5, 5.41) is 12.8. The number of ether oxygens (including phenoxy) is 1. The number of hydrogen-bond acceptors (Lipinski definition) is 11. The van der Waals surface area contributed by atoms with E-state index >= 15 is 0 Å². The maximum absolute atomic E-state index is 12.9. The lowest BCUT2D eigenvalue weighted by Gasteiger charge is -2.21. The molecule has 6 aromatic carbocycles. The number of sulfonamides is 1. The van der Waals surface area contributed by atoms with Crippen molar-refractivity contribution in [2.45, 2.75) is 6.92 Å². The van der Waals surface area contributed by atoms with Crippen LogP contribution in [0.5, 0.6) is 17.2 Å². The number of ketones is 2. The lowest BCUT2D eigenvalue weighted by atomic mass is 9.82. The van der Waals surface area contributed by atoms with Crippen LogP contribution in [0.3, 0.4) is 0 Å². The van der Waals surface area contributed by atoms with Crippen molar-refractivity contribution in [3.05, 3.63) is 148 Å². The van der Waals surface area contributed by atoms with E-state index in [1.54, 1.807) is 83.3 Å². The molecule has 10 nitrogen and oxygen atoms in total. The van der Waals surface area contributed by atoms with Crippen LogP contribution in [0.4, 0.5) is 11.4 Å². The molecule has 1 aliphatic rings. The molecular weight excluding hydrogens is 788 g/mol. The first-order valence-electron chi connectivity index (χ1n) is 16.9. The molecule has 9 rings (SSSR count). The number of aryl methyl sites for hydroxylation is 1. The molecule has 0 amide bonds. The van der Waals surface area contributed by atoms with E-state index in [0.29, 0.717) is 16.5 Å². The third-order valence-corrected chi connectivity index (χ3v) is 11.8. The van der Waals surface area contributed by atoms with Gasteiger partial charge in [-0.1, -0.05) is 41.9 Å². The van der Waals surface area contributed by atoms with Gasteiger partial charge in [-0.15, -0.1) is 22.7 Å². The molecule has 8 aromatic rings. The lowest BCUT2D eigenvalue weighted by Crippen LogP contribution is -2.22. The summed E-state index contributed by atoms with van der Waals surface area (Å²) in [6.45, 7) is 2.09. The Labute approximate surface area is 333 Å². The van der Waals surface area contributed by atoms with E-state index in [1.807, 2.05) is 18.2 Å². The monoisotopic (exact) mass is 816 g/mol. The fraction of sp³-hybridized carbons (Fsp3) is 0.0476. The second-order valence-electron chi connectivity index (χ2n) is 13.0. The topological polar surface area (TPSA) is 162 Å². The zero-order valence-corrected chi connectivity index (χ0v) is 32.7. The van der Waals surface area contributed by atoms with Gasteiger partial charge in [-0.3, -0.25) is 14.3 Å². The van der Waals surface area contributed by atoms with Crippen LogP contribution in [0.1, 0.15) is 37.4 Å². The van der Waals surface area contributed by atoms with E-state index in [9.17, 15) is 23.1 Å². The number of fused-ring (bicyclic) bond motifs is 4. The summed E-state index contributed by atoms with van der Waals surface area (Å²) in [4.78, 5) is 35.1. The highest BCUT2D eigenvalue weighted by Crippen LogP contribution is 2.43. The number of nitrogens with two attached hydrogens (primary N) is 1. The van der Waals surface area contributed by atoms with Crippen molar-refractivity contribution in [2.24, 2.45) is 0 Å². The van der Waals surface area contributed by atoms with Gasteiger partial charge in [0, 0.05) is 39.0 Å². The summed E-state index contributed by atoms with van der Waals surface area (Å²) in [5.41, 5.74) is 12.2. The van der Waals surface area contributed by atoms with E-state index < -0.39 is 21.6 Å². The molecule has 0 aliphatic heterocycles. The van der Waals surface area contributed by atoms with Crippen molar-refractivity contribution in [1.29, 1.82) is 0 Å². The molecule has 4 N–H and O–H groups in total. The molecule has 0 saturated carbocycles. The fourth-order valence-electron chi connectivity index (χ4n) is 6.22. The van der Waals surface area contributed by atoms with Gasteiger partial charge >= 0.3 is 0 Å². The summed E-state index contributed by atoms with van der Waals surface area (Å²) in [6, 6.07) is 34.0. The largest absolute Gasteiger partial charge is 0.507 e. The number of aromatic nitrogens is 2. The van der Waals surface area contributed by atoms with E-state index in [-0.39, 0.29) is 39.4 Å². The summed E-state index contributed by atoms with van der Waals surface area (Å²) in [6.07, 6.45) is 1.14. The van der Waals surface area contributed by atoms with Crippen molar-refractivity contribution >= 4 is 87.7 Å². The first-order chi connectivity index (χ1) is 26.8. The van der Waals surface area contributed by atoms with Crippen molar-refractivity contribution in [2.75, 3.05) is 16.7 Å². The highest BCUT2D eigenvalue weighted by molar-refractivity contribution is 7.92. The Balaban J connectivity index is 0.000000159. The Bertz CT molecular complexity index is 2980. The van der Waals surface area contributed by atoms with Crippen LogP contribution in [0.15, 0.2) is 115 Å². The van der Waals surface area contributed by atoms with Gasteiger partial charge in [-0.05, 0) is 91.3 Å². The summed E-state index contributed by atoms with van der Waals surface area (Å²) in [5.74, 6) is -0.715. The summed E-state index contributed by atoms with van der Waals surface area (Å²) in [7, 11) is -3.29. The number of hydrogen-bond donors (Lipinski definition) is 3. The van der Waals surface area contributed by atoms with Gasteiger partial charge in [0.25, 0.3) is 0 Å². The molecule has 0 unspecified atom stereocenters. The van der Waals surface area contributed by atoms with Crippen LogP contribution in [-0.4, -0.2) is 41.3 Å². The van der Waals surface area contributed by atoms with E-state index in [1.165, 1.54) is 16.3 Å². The highest BCUT2D eigenvalue weighted by Gasteiger charge is 2.35. The molecule has 0 spiro atoms. The number of thiazole rings is 2. The number of nitrogen functional groups attached to an aromatic ring is 1. The predicted octanol–water partition coefficient (Wildman–Crippen LogP) is 10.1. The number of rotatable bonds is 6. The Morgan fingerprint density at radius 2 is 1.30 bits per heavy atom. The Hall–Kier alpha value is -6.12. The van der Waals surface area contributed by atoms with Gasteiger partial charge in [0.05, 0.1) is 43.5 Å². The molecular formula is C42H29ClN4O6S3. The molecule has 2 heterocycles. The van der Waals surface area contributed by atoms with E-state index in [0.717, 1.165) is 43.1 Å². The Morgan fingerprint density at radius 3 is 1.95 bits per heavy atom. The first kappa shape index (κ1) is 36.8. The third kappa shape index (κ3) is 7.32. The number of nitrogens with zero attached hydrogens (tertiary/aromatic N) is 2. The number of benzene rings is 6. The second kappa shape index (κ2) is 14.5. The van der Waals surface area contributed by atoms with Gasteiger partial charge < -0.3 is 15.6 Å². The molecule has 14 heteroatoms. The second-order valence-corrected chi connectivity index (χ2v) is 17.2. The smallest absolute Gasteiger partial charge is 0.229 e. The Morgan fingerprint density at radius 1 is 0.732 bits per heavy atom. The van der Waals surface area contributed by atoms with Crippen molar-refractivity contribution in [1.82, 2.24) is 9.97 Å². The molecule has 0 bridgehead atoms. The minimum atomic E-state index is -3.29. The van der Waals surface area contributed by atoms with Gasteiger partial charge in [0.1, 0.15) is 21.5 Å². The normalized spacial score (nSPS) is 12.2. The quantitative estimate of drug-likeness (QED) is 0.110. The zero-order valence-electron chi connectivity index (χ0n) is 29.5. The van der Waals surface area contributed by atoms with Crippen molar-refractivity contribution in [3.63, 3.8) is 0 Å². The number of aromatic hydroxyl groups is 1. The van der Waals surface area contributed by atoms with Crippen molar-refractivity contribution < 1.29 is 27.9 Å². The molecule has 278 valence electrons. The first-order valence-corrected chi connectivity index (χ1v) is 20.9. The number of phenolic OH excluding ortho intramolecular Hbond substituents is 1. The van der Waals surface area contributed by atoms with Crippen LogP contribution in [0.2, 0.25) is 5.02 Å². The van der Waals surface area contributed by atoms with Crippen molar-refractivity contribution in [3.8, 4) is 38.4 Å². The zero-order chi connectivity index (χ0) is 39.3. The number of carbonyl (C=O) groups excluding carboxylic acids is 2. The van der Waals surface area contributed by atoms with Crippen LogP contribution >= 0.6 is 34.3 Å². The van der Waals surface area contributed by atoms with Crippen LogP contribution in [-0.2, 0) is 10.0 Å². The minimum absolute atomic E-state index is 0.000558. The SMILES string of the molecule is Cc1ccc2nc(-c3ccc4nc(-c5ccc(NS(C)(=O)=O)cc5)sc4c3)sc2c1.Nc1c(Oc2ccc(Cl)cc2)cc(O)c2c1C(=O)c1ccccc1C2=O. The van der Waals surface area contributed by atoms with E-state index in [4.69, 9.17) is 32.0 Å². The minimum Gasteiger partial charge on any atom is -0.507 e. The summed E-state index contributed by atoms with van der Waals surface area (Å²) < 4.78 is 33.2. The average Bonchev–Trinajstić information content (AvgIpc) is 3.80. The lowest BCUT2D eigenvalue weighted by molar-refractivity contribution is 0.0977. The van der Waals surface area contributed by atoms with Crippen LogP contribution < -0.4 is 15.2 Å². The molecule has 1 aliphatic carbocycles. The molecule has 0 radical (unpaired) electrons. The summed E-state index contributed by atoms with van der Waals surface area (Å²) >= 11 is 9.16. The maximum atomic E-state index is 12.9. The average molecular weight is 817 g/mol. The highest BCUT2D eigenvalue weighted by atomic mass is 35.5. The number of carbonyl (C=O) groups is 2. The van der Waals surface area contributed by atoms with Crippen LogP contribution in [0.25, 0.3) is 41.6 Å². The van der Waals surface area contributed by atoms with Crippen LogP contribution in [0, 0.1) is 6.92 Å². The standard InChI is InChI=1S/C22H17N3O2S3.C20H12ClNO4/c1-13-3-9-17-19(11-13)28-22(24-17)15-6-10-18-20(12-15)29-21(23-18)14-4-7-16(8-5-14)25-30(2,26)27;21-10-5-7-11(8-6-10)26-15-9-14(23)16-17(18(15)22)20(25)13-4-2-1-3-12(13)19(16)24/h3-12,25H,1-2H3;1-9,23H,22H2. The Kier molecular flexibility index (Phi) is 9.54. The maximum Gasteiger partial charge on any atom is 0.229 e. The number of phenols is 1.